The molecule has 1 aliphatic heterocycles. The number of hydrogen-bond donors (Lipinski definition) is 1. The summed E-state index contributed by atoms with van der Waals surface area (Å²) >= 11 is 0. The van der Waals surface area contributed by atoms with Crippen molar-refractivity contribution in [3.05, 3.63) is 72.3 Å². The molecule has 0 saturated carbocycles. The summed E-state index contributed by atoms with van der Waals surface area (Å²) < 4.78 is 0. The topological polar surface area (TPSA) is 91.2 Å². The van der Waals surface area contributed by atoms with Gasteiger partial charge in [0, 0.05) is 25.7 Å². The van der Waals surface area contributed by atoms with Crippen LogP contribution in [0.25, 0.3) is 10.8 Å². The average molecular weight is 414 g/mol. The van der Waals surface area contributed by atoms with E-state index in [0.29, 0.717) is 30.8 Å². The standard InChI is InChI=1S/C24H22N4O3/c1-28(24(31)18-12-11-16-7-2-3-8-17(16)15-18)14-6-13-25-23(30)21-26-20-10-5-4-9-19(20)22(29)27-21/h2-5,7-12,15,19H,6,13-14H2,1H3,(H,25,30). The summed E-state index contributed by atoms with van der Waals surface area (Å²) in [6.07, 6.45) is 7.51. The maximum absolute atomic E-state index is 12.7. The average Bonchev–Trinajstić information content (AvgIpc) is 2.80. The number of amidine groups is 1. The van der Waals surface area contributed by atoms with Crippen molar-refractivity contribution >= 4 is 40.0 Å². The molecule has 0 aromatic heterocycles. The van der Waals surface area contributed by atoms with Crippen LogP contribution >= 0.6 is 0 Å². The molecule has 0 bridgehead atoms. The molecule has 0 radical (unpaired) electrons. The lowest BCUT2D eigenvalue weighted by Gasteiger charge is -2.18. The Labute approximate surface area is 179 Å². The van der Waals surface area contributed by atoms with Crippen LogP contribution in [0.1, 0.15) is 16.8 Å². The fourth-order valence-corrected chi connectivity index (χ4v) is 3.51. The van der Waals surface area contributed by atoms with Crippen molar-refractivity contribution in [2.75, 3.05) is 20.1 Å². The van der Waals surface area contributed by atoms with Crippen molar-refractivity contribution in [3.63, 3.8) is 0 Å². The highest BCUT2D eigenvalue weighted by molar-refractivity contribution is 6.44. The van der Waals surface area contributed by atoms with Gasteiger partial charge in [0.15, 0.2) is 0 Å². The summed E-state index contributed by atoms with van der Waals surface area (Å²) in [5, 5.41) is 4.82. The molecule has 1 atom stereocenters. The predicted octanol–water partition coefficient (Wildman–Crippen LogP) is 2.54. The van der Waals surface area contributed by atoms with Gasteiger partial charge in [-0.15, -0.1) is 0 Å². The minimum absolute atomic E-state index is 0.0751. The SMILES string of the molecule is CN(CCCNC(=O)C1=NC(=O)C2C=CC=CC2=N1)C(=O)c1ccc2ccccc2c1. The second-order valence-electron chi connectivity index (χ2n) is 7.43. The van der Waals surface area contributed by atoms with Crippen molar-refractivity contribution in [2.24, 2.45) is 15.9 Å². The van der Waals surface area contributed by atoms with E-state index in [1.54, 1.807) is 36.3 Å². The first-order chi connectivity index (χ1) is 15.0. The largest absolute Gasteiger partial charge is 0.349 e. The van der Waals surface area contributed by atoms with Crippen LogP contribution in [0.4, 0.5) is 0 Å². The maximum Gasteiger partial charge on any atom is 0.289 e. The van der Waals surface area contributed by atoms with Crippen LogP contribution in [0.3, 0.4) is 0 Å². The Balaban J connectivity index is 1.28. The third-order valence-electron chi connectivity index (χ3n) is 5.22. The van der Waals surface area contributed by atoms with Gasteiger partial charge in [-0.3, -0.25) is 14.4 Å². The molecule has 2 aliphatic rings. The van der Waals surface area contributed by atoms with Gasteiger partial charge in [0.05, 0.1) is 5.71 Å². The molecule has 1 heterocycles. The summed E-state index contributed by atoms with van der Waals surface area (Å²) in [4.78, 5) is 46.7. The van der Waals surface area contributed by atoms with Gasteiger partial charge >= 0.3 is 0 Å². The molecule has 1 N–H and O–H groups in total. The lowest BCUT2D eigenvalue weighted by Crippen LogP contribution is -2.37. The van der Waals surface area contributed by atoms with Gasteiger partial charge in [-0.1, -0.05) is 48.6 Å². The number of rotatable bonds is 6. The molecule has 7 heteroatoms. The normalized spacial score (nSPS) is 17.1. The predicted molar refractivity (Wildman–Crippen MR) is 120 cm³/mol. The number of hydrogen-bond acceptors (Lipinski definition) is 4. The number of amides is 3. The Morgan fingerprint density at radius 2 is 1.87 bits per heavy atom. The van der Waals surface area contributed by atoms with E-state index in [4.69, 9.17) is 0 Å². The van der Waals surface area contributed by atoms with Gasteiger partial charge in [0.2, 0.25) is 5.84 Å². The van der Waals surface area contributed by atoms with Crippen LogP contribution < -0.4 is 5.32 Å². The van der Waals surface area contributed by atoms with E-state index < -0.39 is 17.7 Å². The fraction of sp³-hybridized carbons (Fsp3) is 0.208. The molecule has 1 unspecified atom stereocenters. The Hall–Kier alpha value is -3.87. The fourth-order valence-electron chi connectivity index (χ4n) is 3.51. The van der Waals surface area contributed by atoms with E-state index in [1.165, 1.54) is 0 Å². The van der Waals surface area contributed by atoms with E-state index in [1.807, 2.05) is 42.5 Å². The van der Waals surface area contributed by atoms with Gasteiger partial charge < -0.3 is 10.2 Å². The molecule has 2 aromatic carbocycles. The Bertz CT molecular complexity index is 1180. The molecular weight excluding hydrogens is 392 g/mol. The lowest BCUT2D eigenvalue weighted by atomic mass is 9.96. The highest BCUT2D eigenvalue weighted by Crippen LogP contribution is 2.17. The van der Waals surface area contributed by atoms with Crippen LogP contribution in [0, 0.1) is 5.92 Å². The van der Waals surface area contributed by atoms with Crippen molar-refractivity contribution in [3.8, 4) is 0 Å². The van der Waals surface area contributed by atoms with Crippen LogP contribution in [0.5, 0.6) is 0 Å². The van der Waals surface area contributed by atoms with Crippen LogP contribution in [-0.2, 0) is 9.59 Å². The number of fused-ring (bicyclic) bond motifs is 2. The zero-order valence-electron chi connectivity index (χ0n) is 17.1. The highest BCUT2D eigenvalue weighted by atomic mass is 16.2. The van der Waals surface area contributed by atoms with Crippen LogP contribution in [0.2, 0.25) is 0 Å². The van der Waals surface area contributed by atoms with Crippen molar-refractivity contribution in [1.29, 1.82) is 0 Å². The summed E-state index contributed by atoms with van der Waals surface area (Å²) in [7, 11) is 1.73. The minimum Gasteiger partial charge on any atom is -0.349 e. The van der Waals surface area contributed by atoms with Crippen molar-refractivity contribution in [1.82, 2.24) is 10.2 Å². The molecule has 3 amide bonds. The second-order valence-corrected chi connectivity index (χ2v) is 7.43. The molecule has 31 heavy (non-hydrogen) atoms. The van der Waals surface area contributed by atoms with Crippen LogP contribution in [0.15, 0.2) is 76.8 Å². The first kappa shape index (κ1) is 20.4. The van der Waals surface area contributed by atoms with E-state index >= 15 is 0 Å². The summed E-state index contributed by atoms with van der Waals surface area (Å²) in [5.41, 5.74) is 1.15. The molecule has 7 nitrogen and oxygen atoms in total. The first-order valence-electron chi connectivity index (χ1n) is 10.1. The van der Waals surface area contributed by atoms with E-state index in [2.05, 4.69) is 15.3 Å². The minimum atomic E-state index is -0.503. The number of nitrogens with zero attached hydrogens (tertiary/aromatic N) is 3. The molecule has 0 spiro atoms. The van der Waals surface area contributed by atoms with E-state index in [0.717, 1.165) is 10.8 Å². The van der Waals surface area contributed by atoms with Gasteiger partial charge in [-0.25, -0.2) is 4.99 Å². The Morgan fingerprint density at radius 3 is 2.71 bits per heavy atom. The molecule has 0 fully saturated rings. The van der Waals surface area contributed by atoms with E-state index in [9.17, 15) is 14.4 Å². The smallest absolute Gasteiger partial charge is 0.289 e. The molecule has 0 saturated heterocycles. The number of nitrogens with one attached hydrogen (secondary N) is 1. The number of benzene rings is 2. The maximum atomic E-state index is 12.7. The number of carbonyl (C=O) groups is 3. The Morgan fingerprint density at radius 1 is 1.06 bits per heavy atom. The number of carbonyl (C=O) groups excluding carboxylic acids is 3. The highest BCUT2D eigenvalue weighted by Gasteiger charge is 2.28. The zero-order valence-corrected chi connectivity index (χ0v) is 17.1. The van der Waals surface area contributed by atoms with Crippen molar-refractivity contribution < 1.29 is 14.4 Å². The van der Waals surface area contributed by atoms with Crippen LogP contribution in [-0.4, -0.2) is 54.3 Å². The summed E-state index contributed by atoms with van der Waals surface area (Å²) in [6, 6.07) is 13.5. The summed E-state index contributed by atoms with van der Waals surface area (Å²) in [5.74, 6) is -1.59. The molecular formula is C24H22N4O3. The molecule has 2 aromatic rings. The monoisotopic (exact) mass is 414 g/mol. The van der Waals surface area contributed by atoms with Gasteiger partial charge in [-0.05, 0) is 35.4 Å². The molecule has 1 aliphatic carbocycles. The lowest BCUT2D eigenvalue weighted by molar-refractivity contribution is -0.119. The van der Waals surface area contributed by atoms with Gasteiger partial charge in [0.1, 0.15) is 5.92 Å². The zero-order chi connectivity index (χ0) is 21.8. The Kier molecular flexibility index (Phi) is 5.84. The third-order valence-corrected chi connectivity index (χ3v) is 5.22. The molecule has 4 rings (SSSR count). The second kappa shape index (κ2) is 8.87. The summed E-state index contributed by atoms with van der Waals surface area (Å²) in [6.45, 7) is 0.812. The number of allylic oxidation sites excluding steroid dienone is 3. The van der Waals surface area contributed by atoms with Gasteiger partial charge in [-0.2, -0.15) is 4.99 Å². The van der Waals surface area contributed by atoms with Gasteiger partial charge in [0.25, 0.3) is 17.7 Å². The van der Waals surface area contributed by atoms with Crippen molar-refractivity contribution in [2.45, 2.75) is 6.42 Å². The molecule has 156 valence electrons. The first-order valence-corrected chi connectivity index (χ1v) is 10.1. The quantitative estimate of drug-likeness (QED) is 0.737. The van der Waals surface area contributed by atoms with E-state index in [-0.39, 0.29) is 11.7 Å². The number of aliphatic imine (C=N–C) groups is 2. The third kappa shape index (κ3) is 4.50.